The van der Waals surface area contributed by atoms with Crippen molar-refractivity contribution in [2.75, 3.05) is 19.6 Å². The molecule has 11 amide bonds. The number of halogens is 1. The lowest BCUT2D eigenvalue weighted by Gasteiger charge is -2.31. The number of para-hydroxylation sites is 1. The summed E-state index contributed by atoms with van der Waals surface area (Å²) in [5, 5.41) is 67.0. The molecule has 6 aromatic rings. The molecule has 0 bridgehead atoms. The number of aliphatic carboxylic acids is 1. The van der Waals surface area contributed by atoms with E-state index >= 15 is 14.4 Å². The highest BCUT2D eigenvalue weighted by atomic mass is 19.1. The number of carboxylic acid groups (broad SMARTS) is 1. The molecule has 34 heteroatoms. The van der Waals surface area contributed by atoms with Crippen molar-refractivity contribution in [3.05, 3.63) is 150 Å². The Morgan fingerprint density at radius 3 is 1.60 bits per heavy atom. The summed E-state index contributed by atoms with van der Waals surface area (Å²) in [5.41, 5.74) is 24.4. The van der Waals surface area contributed by atoms with E-state index in [1.165, 1.54) is 48.2 Å². The number of phenolic OH excluding ortho intramolecular Hbond substituents is 1. The number of nitrogens with two attached hydrogens (primary N) is 4. The predicted octanol–water partition coefficient (Wildman–Crippen LogP) is -0.741. The van der Waals surface area contributed by atoms with Crippen molar-refractivity contribution < 1.29 is 72.1 Å². The van der Waals surface area contributed by atoms with Gasteiger partial charge in [-0.2, -0.15) is 0 Å². The van der Waals surface area contributed by atoms with Crippen molar-refractivity contribution in [2.24, 2.45) is 28.9 Å². The first-order valence-electron chi connectivity index (χ1n) is 34.9. The van der Waals surface area contributed by atoms with Crippen LogP contribution in [0.1, 0.15) is 94.4 Å². The Morgan fingerprint density at radius 2 is 1.03 bits per heavy atom. The van der Waals surface area contributed by atoms with Gasteiger partial charge < -0.3 is 102 Å². The summed E-state index contributed by atoms with van der Waals surface area (Å²) in [6.45, 7) is 4.83. The highest BCUT2D eigenvalue weighted by molar-refractivity contribution is 6.00. The van der Waals surface area contributed by atoms with Gasteiger partial charge in [0, 0.05) is 69.3 Å². The fraction of sp³-hybridized carbons (Fsp3) is 0.397. The number of amides is 11. The van der Waals surface area contributed by atoms with Crippen LogP contribution in [0, 0.1) is 22.6 Å². The highest BCUT2D eigenvalue weighted by Crippen LogP contribution is 2.24. The summed E-state index contributed by atoms with van der Waals surface area (Å²) in [6.07, 6.45) is -1.86. The number of aromatic nitrogens is 1. The van der Waals surface area contributed by atoms with Crippen LogP contribution >= 0.6 is 0 Å². The van der Waals surface area contributed by atoms with Crippen molar-refractivity contribution in [1.29, 1.82) is 10.8 Å². The standard InChI is InChI=1S/C73H94FN19O14/c1-39(2)31-53(64(100)86-52(16-9-29-82-73(79)80)71(107)93-30-10-17-59(93)70(106)92-61(75)62(76)98)87-63(99)51(15-8-28-81-72(77)78)85-66(102)55(34-42-21-26-48(95)27-22-42)89-69(105)58(37-60(96)97)91-68(104)57(36-46-38-83-50-14-7-6-13-49(46)50)90-67(103)56(33-41-19-24-47(74)25-20-41)88-65(101)54(84-40(3)94)35-43-18-23-44-11-4-5-12-45(44)32-43/h4-7,11-14,18-27,32,38-39,51-59,61,83,95H,8-10,15-17,28-31,33-37,75H2,1-3H3,(H2,76,98)(H,84,94)(H,85,102)(H,86,100)(H,87,99)(H,88,101)(H,89,105)(H,90,103)(H,91,104)(H,92,106)(H,96,97)(H4,77,78,81)(H4,79,80,82)/t51-,52+,53+,54-,55+,56-,57-,58+,59+,61?/m1/s1. The number of rotatable bonds is 39. The summed E-state index contributed by atoms with van der Waals surface area (Å²) in [4.78, 5) is 173. The molecule has 107 heavy (non-hydrogen) atoms. The van der Waals surface area contributed by atoms with Crippen LogP contribution in [0.25, 0.3) is 21.7 Å². The maximum Gasteiger partial charge on any atom is 0.305 e. The molecular formula is C73H94FN19O14. The Kier molecular flexibility index (Phi) is 30.4. The molecule has 1 aromatic heterocycles. The average molecular weight is 1480 g/mol. The van der Waals surface area contributed by atoms with Gasteiger partial charge in [-0.1, -0.05) is 98.8 Å². The Hall–Kier alpha value is -12.2. The van der Waals surface area contributed by atoms with Crippen LogP contribution < -0.4 is 81.4 Å². The van der Waals surface area contributed by atoms with Crippen LogP contribution in [0.5, 0.6) is 5.75 Å². The van der Waals surface area contributed by atoms with Crippen molar-refractivity contribution in [3.63, 3.8) is 0 Å². The van der Waals surface area contributed by atoms with Crippen molar-refractivity contribution in [2.45, 2.75) is 158 Å². The zero-order valence-electron chi connectivity index (χ0n) is 59.4. The minimum absolute atomic E-state index is 0.0154. The van der Waals surface area contributed by atoms with E-state index in [-0.39, 0.29) is 95.0 Å². The minimum atomic E-state index is -2.04. The summed E-state index contributed by atoms with van der Waals surface area (Å²) >= 11 is 0. The van der Waals surface area contributed by atoms with Crippen molar-refractivity contribution in [1.82, 2.24) is 68.4 Å². The zero-order valence-corrected chi connectivity index (χ0v) is 59.4. The molecule has 0 spiro atoms. The molecule has 24 N–H and O–H groups in total. The van der Waals surface area contributed by atoms with E-state index in [9.17, 15) is 57.8 Å². The first-order chi connectivity index (χ1) is 50.9. The number of hydrogen-bond donors (Lipinski definition) is 20. The number of primary amides is 1. The number of fused-ring (bicyclic) bond motifs is 2. The van der Waals surface area contributed by atoms with Crippen molar-refractivity contribution >= 4 is 105 Å². The molecule has 10 atom stereocenters. The molecule has 1 unspecified atom stereocenters. The van der Waals surface area contributed by atoms with Gasteiger partial charge in [-0.15, -0.1) is 0 Å². The highest BCUT2D eigenvalue weighted by Gasteiger charge is 2.41. The van der Waals surface area contributed by atoms with Crippen LogP contribution in [0.3, 0.4) is 0 Å². The van der Waals surface area contributed by atoms with E-state index in [0.717, 1.165) is 22.9 Å². The third-order valence-corrected chi connectivity index (χ3v) is 17.7. The number of aromatic amines is 1. The number of carbonyl (C=O) groups is 12. The number of phenols is 1. The van der Waals surface area contributed by atoms with Gasteiger partial charge in [0.25, 0.3) is 5.91 Å². The van der Waals surface area contributed by atoms with Gasteiger partial charge >= 0.3 is 5.97 Å². The first-order valence-corrected chi connectivity index (χ1v) is 34.9. The van der Waals surface area contributed by atoms with Gasteiger partial charge in [-0.25, -0.2) is 4.39 Å². The largest absolute Gasteiger partial charge is 0.508 e. The van der Waals surface area contributed by atoms with Gasteiger partial charge in [-0.05, 0) is 114 Å². The molecule has 5 aromatic carbocycles. The molecule has 7 rings (SSSR count). The quantitative estimate of drug-likeness (QED) is 0.00978. The number of H-pyrrole nitrogens is 1. The average Bonchev–Trinajstić information content (AvgIpc) is 1.78. The number of aromatic hydroxyl groups is 1. The Labute approximate surface area is 615 Å². The molecular weight excluding hydrogens is 1390 g/mol. The monoisotopic (exact) mass is 1480 g/mol. The van der Waals surface area contributed by atoms with Crippen LogP contribution in [-0.4, -0.2) is 183 Å². The summed E-state index contributed by atoms with van der Waals surface area (Å²) in [6, 6.07) is 16.6. The normalized spacial score (nSPS) is 15.1. The zero-order chi connectivity index (χ0) is 78.0. The van der Waals surface area contributed by atoms with Crippen LogP contribution in [0.15, 0.2) is 121 Å². The molecule has 1 saturated heterocycles. The second kappa shape index (κ2) is 39.6. The Bertz CT molecular complexity index is 4200. The lowest BCUT2D eigenvalue weighted by atomic mass is 9.99. The van der Waals surface area contributed by atoms with Gasteiger partial charge in [0.1, 0.15) is 65.9 Å². The Morgan fingerprint density at radius 1 is 0.561 bits per heavy atom. The van der Waals surface area contributed by atoms with E-state index in [4.69, 9.17) is 33.8 Å². The minimum Gasteiger partial charge on any atom is -0.508 e. The third kappa shape index (κ3) is 25.6. The van der Waals surface area contributed by atoms with Crippen LogP contribution in [-0.2, 0) is 83.2 Å². The predicted molar refractivity (Wildman–Crippen MR) is 393 cm³/mol. The smallest absolute Gasteiger partial charge is 0.305 e. The second-order valence-corrected chi connectivity index (χ2v) is 26.6. The molecule has 1 aliphatic rings. The molecule has 2 heterocycles. The number of carbonyl (C=O) groups excluding carboxylic acids is 11. The maximum absolute atomic E-state index is 15.1. The van der Waals surface area contributed by atoms with Crippen LogP contribution in [0.2, 0.25) is 0 Å². The number of carboxylic acids is 1. The lowest BCUT2D eigenvalue weighted by Crippen LogP contribution is -2.61. The first kappa shape index (κ1) is 82.1. The lowest BCUT2D eigenvalue weighted by molar-refractivity contribution is -0.142. The van der Waals surface area contributed by atoms with E-state index < -0.39 is 156 Å². The number of benzene rings is 5. The van der Waals surface area contributed by atoms with Gasteiger partial charge in [-0.3, -0.25) is 68.4 Å². The van der Waals surface area contributed by atoms with Crippen LogP contribution in [0.4, 0.5) is 4.39 Å². The Balaban J connectivity index is 1.17. The van der Waals surface area contributed by atoms with Gasteiger partial charge in [0.15, 0.2) is 18.1 Å². The van der Waals surface area contributed by atoms with E-state index in [1.807, 2.05) is 36.4 Å². The number of likely N-dealkylation sites (tertiary alicyclic amines) is 1. The van der Waals surface area contributed by atoms with E-state index in [1.54, 1.807) is 50.4 Å². The molecule has 0 aliphatic carbocycles. The molecule has 572 valence electrons. The summed E-state index contributed by atoms with van der Waals surface area (Å²) in [7, 11) is 0. The summed E-state index contributed by atoms with van der Waals surface area (Å²) < 4.78 is 14.4. The third-order valence-electron chi connectivity index (χ3n) is 17.7. The summed E-state index contributed by atoms with van der Waals surface area (Å²) in [5.74, 6) is -13.7. The number of guanidine groups is 2. The van der Waals surface area contributed by atoms with E-state index in [2.05, 4.69) is 63.5 Å². The van der Waals surface area contributed by atoms with Crippen molar-refractivity contribution in [3.8, 4) is 5.75 Å². The topological polar surface area (TPSA) is 548 Å². The van der Waals surface area contributed by atoms with Gasteiger partial charge in [0.2, 0.25) is 59.1 Å². The fourth-order valence-corrected chi connectivity index (χ4v) is 12.3. The number of nitrogens with zero attached hydrogens (tertiary/aromatic N) is 1. The SMILES string of the molecule is CC(=O)N[C@H](Cc1ccc2ccccc2c1)C(=O)N[C@H](Cc1ccc(F)cc1)C(=O)N[C@H](Cc1c[nH]c2ccccc12)C(=O)N[C@@H](CC(=O)O)C(=O)N[C@@H](Cc1ccc(O)cc1)C(=O)N[C@H](CCCNC(=N)N)C(=O)N[C@@H](CC(C)C)C(=O)N[C@@H](CCCNC(=N)N)C(=O)N1CCC[C@H]1C(=O)NC(N)C(N)=O. The maximum atomic E-state index is 15.1. The molecule has 0 saturated carbocycles. The molecule has 33 nitrogen and oxygen atoms in total. The molecule has 0 radical (unpaired) electrons. The number of hydrogen-bond acceptors (Lipinski definition) is 16. The second-order valence-electron chi connectivity index (χ2n) is 26.6. The molecule has 1 fully saturated rings. The molecule has 1 aliphatic heterocycles. The van der Waals surface area contributed by atoms with E-state index in [0.29, 0.717) is 39.6 Å². The fourth-order valence-electron chi connectivity index (χ4n) is 12.3. The number of nitrogens with one attached hydrogen (secondary N) is 14. The van der Waals surface area contributed by atoms with Gasteiger partial charge in [0.05, 0.1) is 6.42 Å².